The molecule has 0 amide bonds. The summed E-state index contributed by atoms with van der Waals surface area (Å²) in [5, 5.41) is 27.7. The van der Waals surface area contributed by atoms with Crippen LogP contribution < -0.4 is 0 Å². The zero-order valence-electron chi connectivity index (χ0n) is 11.4. The molecule has 0 bridgehead atoms. The van der Waals surface area contributed by atoms with E-state index in [9.17, 15) is 28.2 Å². The first-order valence-electron chi connectivity index (χ1n) is 6.01. The van der Waals surface area contributed by atoms with Crippen LogP contribution in [-0.2, 0) is 14.9 Å². The first-order chi connectivity index (χ1) is 9.99. The van der Waals surface area contributed by atoms with Crippen LogP contribution in [0, 0.1) is 0 Å². The summed E-state index contributed by atoms with van der Waals surface area (Å²) in [6.07, 6.45) is -0.112. The molecule has 1 rings (SSSR count). The lowest BCUT2D eigenvalue weighted by molar-refractivity contribution is -0.310. The van der Waals surface area contributed by atoms with Crippen molar-refractivity contribution in [2.24, 2.45) is 0 Å². The van der Waals surface area contributed by atoms with Gasteiger partial charge in [-0.3, -0.25) is 4.55 Å². The molecular formula is C12H14O9S. The molecule has 0 atom stereocenters. The van der Waals surface area contributed by atoms with Gasteiger partial charge in [-0.25, -0.2) is 9.59 Å². The zero-order chi connectivity index (χ0) is 17.1. The molecule has 1 aromatic carbocycles. The number of esters is 1. The van der Waals surface area contributed by atoms with Crippen LogP contribution >= 0.6 is 0 Å². The maximum atomic E-state index is 11.9. The molecule has 0 aliphatic heterocycles. The number of benzene rings is 1. The number of aromatic carboxylic acids is 1. The normalized spacial score (nSPS) is 12.0. The summed E-state index contributed by atoms with van der Waals surface area (Å²) in [5.41, 5.74) is -1.68. The summed E-state index contributed by atoms with van der Waals surface area (Å²) in [4.78, 5) is 21.7. The molecule has 0 aliphatic carbocycles. The van der Waals surface area contributed by atoms with E-state index < -0.39 is 44.1 Å². The van der Waals surface area contributed by atoms with Crippen LogP contribution in [0.5, 0.6) is 0 Å². The highest BCUT2D eigenvalue weighted by molar-refractivity contribution is 7.86. The molecule has 1 aromatic rings. The predicted molar refractivity (Wildman–Crippen MR) is 70.7 cm³/mol. The molecule has 122 valence electrons. The van der Waals surface area contributed by atoms with E-state index in [1.165, 1.54) is 0 Å². The third-order valence-electron chi connectivity index (χ3n) is 2.56. The molecule has 10 heteroatoms. The Balaban J connectivity index is 3.40. The van der Waals surface area contributed by atoms with Crippen LogP contribution in [0.4, 0.5) is 0 Å². The fourth-order valence-corrected chi connectivity index (χ4v) is 2.59. The molecule has 0 saturated carbocycles. The minimum Gasteiger partial charge on any atom is -0.478 e. The van der Waals surface area contributed by atoms with Gasteiger partial charge in [0.2, 0.25) is 0 Å². The van der Waals surface area contributed by atoms with E-state index in [0.717, 1.165) is 18.2 Å². The minimum absolute atomic E-state index is 0.237. The number of ether oxygens (including phenoxy) is 1. The number of carbonyl (C=O) groups is 2. The van der Waals surface area contributed by atoms with Crippen molar-refractivity contribution in [1.82, 2.24) is 0 Å². The Labute approximate surface area is 125 Å². The van der Waals surface area contributed by atoms with Gasteiger partial charge in [0.25, 0.3) is 10.1 Å². The molecule has 0 heterocycles. The smallest absolute Gasteiger partial charge is 0.343 e. The van der Waals surface area contributed by atoms with Crippen molar-refractivity contribution in [2.75, 3.05) is 0 Å². The summed E-state index contributed by atoms with van der Waals surface area (Å²) >= 11 is 0. The molecule has 4 N–H and O–H groups in total. The number of carboxylic acid groups (broad SMARTS) is 1. The van der Waals surface area contributed by atoms with Gasteiger partial charge in [0, 0.05) is 6.42 Å². The highest BCUT2D eigenvalue weighted by Gasteiger charge is 2.33. The second-order valence-corrected chi connectivity index (χ2v) is 5.70. The number of rotatable bonds is 6. The first-order valence-corrected chi connectivity index (χ1v) is 7.45. The minimum atomic E-state index is -5.07. The Bertz CT molecular complexity index is 691. The van der Waals surface area contributed by atoms with Crippen LogP contribution in [0.15, 0.2) is 23.1 Å². The molecule has 0 aromatic heterocycles. The third kappa shape index (κ3) is 4.24. The standard InChI is InChI=1S/C12H14O9S/c1-2-6-12(16,17)21-11(15)8-5-3-4-7(10(13)14)9(8)22(18,19)20/h3-5,16-17H,2,6H2,1H3,(H,13,14)(H,18,19,20). The molecular weight excluding hydrogens is 320 g/mol. The molecule has 0 unspecified atom stereocenters. The van der Waals surface area contributed by atoms with E-state index in [0.29, 0.717) is 0 Å². The molecule has 22 heavy (non-hydrogen) atoms. The Hall–Kier alpha value is -2.01. The summed E-state index contributed by atoms with van der Waals surface area (Å²) in [5.74, 6) is -6.05. The number of carboxylic acids is 1. The van der Waals surface area contributed by atoms with E-state index in [1.807, 2.05) is 0 Å². The average molecular weight is 334 g/mol. The van der Waals surface area contributed by atoms with Crippen LogP contribution in [0.25, 0.3) is 0 Å². The van der Waals surface area contributed by atoms with E-state index in [1.54, 1.807) is 6.92 Å². The van der Waals surface area contributed by atoms with Gasteiger partial charge < -0.3 is 20.1 Å². The molecule has 9 nitrogen and oxygen atoms in total. The fourth-order valence-electron chi connectivity index (χ4n) is 1.72. The van der Waals surface area contributed by atoms with E-state index in [2.05, 4.69) is 4.74 Å². The van der Waals surface area contributed by atoms with Gasteiger partial charge in [0.05, 0.1) is 11.1 Å². The van der Waals surface area contributed by atoms with Gasteiger partial charge in [-0.2, -0.15) is 8.42 Å². The Morgan fingerprint density at radius 2 is 1.77 bits per heavy atom. The average Bonchev–Trinajstić information content (AvgIpc) is 2.35. The number of carbonyl (C=O) groups excluding carboxylic acids is 1. The summed E-state index contributed by atoms with van der Waals surface area (Å²) in [7, 11) is -5.07. The zero-order valence-corrected chi connectivity index (χ0v) is 12.2. The molecule has 0 saturated heterocycles. The van der Waals surface area contributed by atoms with Crippen molar-refractivity contribution < 1.29 is 42.6 Å². The van der Waals surface area contributed by atoms with Crippen LogP contribution in [0.3, 0.4) is 0 Å². The van der Waals surface area contributed by atoms with Gasteiger partial charge in [-0.05, 0) is 18.6 Å². The van der Waals surface area contributed by atoms with Crippen LogP contribution in [-0.4, -0.2) is 46.2 Å². The Morgan fingerprint density at radius 1 is 1.23 bits per heavy atom. The fraction of sp³-hybridized carbons (Fsp3) is 0.333. The van der Waals surface area contributed by atoms with Gasteiger partial charge in [-0.1, -0.05) is 13.0 Å². The number of hydrogen-bond donors (Lipinski definition) is 4. The topological polar surface area (TPSA) is 158 Å². The third-order valence-corrected chi connectivity index (χ3v) is 3.51. The quantitative estimate of drug-likeness (QED) is 0.324. The highest BCUT2D eigenvalue weighted by atomic mass is 32.2. The van der Waals surface area contributed by atoms with Crippen molar-refractivity contribution in [3.05, 3.63) is 29.3 Å². The van der Waals surface area contributed by atoms with Gasteiger partial charge in [0.1, 0.15) is 4.90 Å². The lowest BCUT2D eigenvalue weighted by Gasteiger charge is -2.21. The van der Waals surface area contributed by atoms with Gasteiger partial charge in [0.15, 0.2) is 0 Å². The van der Waals surface area contributed by atoms with E-state index in [4.69, 9.17) is 9.66 Å². The number of aliphatic hydroxyl groups is 2. The second-order valence-electron chi connectivity index (χ2n) is 4.35. The van der Waals surface area contributed by atoms with Crippen molar-refractivity contribution >= 4 is 22.1 Å². The Kier molecular flexibility index (Phi) is 5.25. The van der Waals surface area contributed by atoms with Gasteiger partial charge >= 0.3 is 17.9 Å². The lowest BCUT2D eigenvalue weighted by Crippen LogP contribution is -2.35. The largest absolute Gasteiger partial charge is 0.478 e. The summed E-state index contributed by atoms with van der Waals surface area (Å²) < 4.78 is 36.1. The second kappa shape index (κ2) is 6.40. The SMILES string of the molecule is CCCC(O)(O)OC(=O)c1cccc(C(=O)O)c1S(=O)(=O)O. The Morgan fingerprint density at radius 3 is 2.23 bits per heavy atom. The maximum absolute atomic E-state index is 11.9. The molecule has 0 spiro atoms. The summed E-state index contributed by atoms with van der Waals surface area (Å²) in [6, 6.07) is 2.78. The first kappa shape index (κ1) is 18.0. The van der Waals surface area contributed by atoms with Crippen LogP contribution in [0.1, 0.15) is 40.5 Å². The highest BCUT2D eigenvalue weighted by Crippen LogP contribution is 2.23. The van der Waals surface area contributed by atoms with E-state index in [-0.39, 0.29) is 12.8 Å². The monoisotopic (exact) mass is 334 g/mol. The van der Waals surface area contributed by atoms with Crippen molar-refractivity contribution in [3.8, 4) is 0 Å². The molecule has 0 radical (unpaired) electrons. The molecule has 0 aliphatic rings. The van der Waals surface area contributed by atoms with Crippen LogP contribution in [0.2, 0.25) is 0 Å². The van der Waals surface area contributed by atoms with Crippen molar-refractivity contribution in [2.45, 2.75) is 30.6 Å². The predicted octanol–water partition coefficient (Wildman–Crippen LogP) is 0.227. The molecule has 0 fully saturated rings. The number of hydrogen-bond acceptors (Lipinski definition) is 7. The summed E-state index contributed by atoms with van der Waals surface area (Å²) in [6.45, 7) is 1.57. The maximum Gasteiger partial charge on any atom is 0.343 e. The van der Waals surface area contributed by atoms with Crippen molar-refractivity contribution in [1.29, 1.82) is 0 Å². The van der Waals surface area contributed by atoms with Crippen molar-refractivity contribution in [3.63, 3.8) is 0 Å². The van der Waals surface area contributed by atoms with E-state index >= 15 is 0 Å². The van der Waals surface area contributed by atoms with Gasteiger partial charge in [-0.15, -0.1) is 0 Å². The lowest BCUT2D eigenvalue weighted by atomic mass is 10.1.